The zero-order chi connectivity index (χ0) is 20.8. The number of aryl methyl sites for hydroxylation is 1. The predicted octanol–water partition coefficient (Wildman–Crippen LogP) is 7.63. The molecule has 3 rings (SSSR count). The Bertz CT molecular complexity index is 965. The molecule has 0 amide bonds. The van der Waals surface area contributed by atoms with Crippen LogP contribution >= 0.6 is 12.2 Å². The maximum absolute atomic E-state index is 14.1. The molecule has 0 heterocycles. The van der Waals surface area contributed by atoms with Gasteiger partial charge in [-0.1, -0.05) is 43.7 Å². The number of isothiocyanates is 1. The average Bonchev–Trinajstić information content (AvgIpc) is 2.71. The van der Waals surface area contributed by atoms with Gasteiger partial charge in [0.15, 0.2) is 11.6 Å². The van der Waals surface area contributed by atoms with E-state index in [1.165, 1.54) is 50.7 Å². The average molecular weight is 410 g/mol. The van der Waals surface area contributed by atoms with Crippen LogP contribution in [0.1, 0.15) is 56.6 Å². The van der Waals surface area contributed by atoms with Crippen LogP contribution < -0.4 is 0 Å². The van der Waals surface area contributed by atoms with Gasteiger partial charge in [0.05, 0.1) is 5.16 Å². The van der Waals surface area contributed by atoms with Gasteiger partial charge < -0.3 is 0 Å². The van der Waals surface area contributed by atoms with Gasteiger partial charge in [-0.15, -0.1) is 0 Å². The van der Waals surface area contributed by atoms with E-state index in [0.717, 1.165) is 22.6 Å². The van der Waals surface area contributed by atoms with Crippen LogP contribution in [0.25, 0.3) is 11.1 Å². The molecule has 150 valence electrons. The van der Waals surface area contributed by atoms with Crippen LogP contribution in [0.15, 0.2) is 35.3 Å². The zero-order valence-electron chi connectivity index (χ0n) is 16.9. The smallest absolute Gasteiger partial charge is 0.153 e. The van der Waals surface area contributed by atoms with Crippen LogP contribution in [0.2, 0.25) is 0 Å². The Balaban J connectivity index is 1.76. The third-order valence-corrected chi connectivity index (χ3v) is 5.78. The minimum absolute atomic E-state index is 0.406. The molecule has 4 heteroatoms. The summed E-state index contributed by atoms with van der Waals surface area (Å²) in [6.45, 7) is 4.23. The monoisotopic (exact) mass is 409 g/mol. The van der Waals surface area contributed by atoms with E-state index in [2.05, 4.69) is 36.0 Å². The summed E-state index contributed by atoms with van der Waals surface area (Å²) >= 11 is 4.44. The standard InChI is InChI=1S/C25H25F2NS/c1-3-4-18-5-7-19(8-6-18)9-10-20-11-12-21(13-17(20)2)22-14-23(26)25(28-16-29)24(27)15-22/h11-15,18-19H,3-8H2,1-2H3. The fourth-order valence-corrected chi connectivity index (χ4v) is 4.14. The highest BCUT2D eigenvalue weighted by Gasteiger charge is 2.19. The van der Waals surface area contributed by atoms with Crippen molar-refractivity contribution >= 4 is 23.1 Å². The molecule has 1 aliphatic rings. The molecule has 0 N–H and O–H groups in total. The topological polar surface area (TPSA) is 12.4 Å². The minimum Gasteiger partial charge on any atom is -0.204 e. The molecule has 0 spiro atoms. The summed E-state index contributed by atoms with van der Waals surface area (Å²) < 4.78 is 28.2. The van der Waals surface area contributed by atoms with Gasteiger partial charge >= 0.3 is 0 Å². The third-order valence-electron chi connectivity index (χ3n) is 5.69. The summed E-state index contributed by atoms with van der Waals surface area (Å²) in [4.78, 5) is 3.45. The summed E-state index contributed by atoms with van der Waals surface area (Å²) in [5.41, 5.74) is 2.75. The lowest BCUT2D eigenvalue weighted by Gasteiger charge is -2.25. The maximum atomic E-state index is 14.1. The van der Waals surface area contributed by atoms with E-state index in [1.807, 2.05) is 30.3 Å². The molecular weight excluding hydrogens is 384 g/mol. The summed E-state index contributed by atoms with van der Waals surface area (Å²) in [6.07, 6.45) is 7.54. The van der Waals surface area contributed by atoms with E-state index in [-0.39, 0.29) is 0 Å². The van der Waals surface area contributed by atoms with Crippen molar-refractivity contribution in [2.24, 2.45) is 16.8 Å². The van der Waals surface area contributed by atoms with Crippen LogP contribution in [0.5, 0.6) is 0 Å². The normalized spacial score (nSPS) is 18.5. The molecule has 29 heavy (non-hydrogen) atoms. The summed E-state index contributed by atoms with van der Waals surface area (Å²) in [5, 5.41) is 2.00. The zero-order valence-corrected chi connectivity index (χ0v) is 17.7. The molecule has 0 aromatic heterocycles. The van der Waals surface area contributed by atoms with Crippen LogP contribution in [0.4, 0.5) is 14.5 Å². The highest BCUT2D eigenvalue weighted by atomic mass is 32.1. The molecular formula is C25H25F2NS. The Morgan fingerprint density at radius 1 is 1.03 bits per heavy atom. The first kappa shape index (κ1) is 21.4. The molecule has 0 bridgehead atoms. The molecule has 0 radical (unpaired) electrons. The molecule has 1 fully saturated rings. The van der Waals surface area contributed by atoms with Gasteiger partial charge in [0.25, 0.3) is 0 Å². The predicted molar refractivity (Wildman–Crippen MR) is 118 cm³/mol. The molecule has 0 aliphatic heterocycles. The number of rotatable bonds is 4. The Hall–Kier alpha value is -2.34. The molecule has 1 saturated carbocycles. The lowest BCUT2D eigenvalue weighted by molar-refractivity contribution is 0.300. The van der Waals surface area contributed by atoms with Crippen molar-refractivity contribution < 1.29 is 8.78 Å². The molecule has 1 nitrogen and oxygen atoms in total. The van der Waals surface area contributed by atoms with Crippen molar-refractivity contribution in [1.29, 1.82) is 0 Å². The highest BCUT2D eigenvalue weighted by molar-refractivity contribution is 7.78. The lowest BCUT2D eigenvalue weighted by atomic mass is 9.80. The van der Waals surface area contributed by atoms with Crippen LogP contribution in [0.3, 0.4) is 0 Å². The van der Waals surface area contributed by atoms with Gasteiger partial charge in [-0.05, 0) is 85.6 Å². The number of nitrogens with zero attached hydrogens (tertiary/aromatic N) is 1. The van der Waals surface area contributed by atoms with Crippen LogP contribution in [-0.4, -0.2) is 5.16 Å². The van der Waals surface area contributed by atoms with Crippen LogP contribution in [0, 0.1) is 42.2 Å². The third kappa shape index (κ3) is 5.38. The van der Waals surface area contributed by atoms with Crippen molar-refractivity contribution in [3.8, 4) is 23.0 Å². The first-order valence-electron chi connectivity index (χ1n) is 10.2. The second-order valence-electron chi connectivity index (χ2n) is 7.80. The fourth-order valence-electron chi connectivity index (χ4n) is 4.05. The highest BCUT2D eigenvalue weighted by Crippen LogP contribution is 2.32. The molecule has 2 aromatic carbocycles. The second kappa shape index (κ2) is 9.92. The Morgan fingerprint density at radius 2 is 1.72 bits per heavy atom. The molecule has 1 aliphatic carbocycles. The minimum atomic E-state index is -0.752. The van der Waals surface area contributed by atoms with E-state index < -0.39 is 17.3 Å². The number of halogens is 2. The van der Waals surface area contributed by atoms with Crippen molar-refractivity contribution in [3.05, 3.63) is 53.1 Å². The number of thiocarbonyl (C=S) groups is 1. The quantitative estimate of drug-likeness (QED) is 0.287. The Morgan fingerprint density at radius 3 is 2.31 bits per heavy atom. The van der Waals surface area contributed by atoms with Gasteiger partial charge in [-0.3, -0.25) is 0 Å². The maximum Gasteiger partial charge on any atom is 0.153 e. The number of benzene rings is 2. The van der Waals surface area contributed by atoms with Crippen molar-refractivity contribution in [2.75, 3.05) is 0 Å². The van der Waals surface area contributed by atoms with E-state index >= 15 is 0 Å². The van der Waals surface area contributed by atoms with Gasteiger partial charge in [0.2, 0.25) is 0 Å². The Labute approximate surface area is 177 Å². The number of aliphatic imine (C=N–C) groups is 1. The number of hydrogen-bond acceptors (Lipinski definition) is 2. The van der Waals surface area contributed by atoms with Crippen molar-refractivity contribution in [2.45, 2.75) is 52.4 Å². The first-order chi connectivity index (χ1) is 14.0. The van der Waals surface area contributed by atoms with Gasteiger partial charge in [0, 0.05) is 11.5 Å². The van der Waals surface area contributed by atoms with Crippen molar-refractivity contribution in [3.63, 3.8) is 0 Å². The first-order valence-corrected chi connectivity index (χ1v) is 10.6. The largest absolute Gasteiger partial charge is 0.204 e. The molecule has 0 atom stereocenters. The summed E-state index contributed by atoms with van der Waals surface area (Å²) in [6, 6.07) is 8.23. The fraction of sp³-hybridized carbons (Fsp3) is 0.400. The number of hydrogen-bond donors (Lipinski definition) is 0. The van der Waals surface area contributed by atoms with E-state index in [0.29, 0.717) is 11.5 Å². The molecule has 0 saturated heterocycles. The Kier molecular flexibility index (Phi) is 7.31. The summed E-state index contributed by atoms with van der Waals surface area (Å²) in [5.74, 6) is 6.61. The molecule has 2 aromatic rings. The van der Waals surface area contributed by atoms with Crippen LogP contribution in [-0.2, 0) is 0 Å². The molecule has 0 unspecified atom stereocenters. The van der Waals surface area contributed by atoms with Gasteiger partial charge in [0.1, 0.15) is 5.69 Å². The summed E-state index contributed by atoms with van der Waals surface area (Å²) in [7, 11) is 0. The van der Waals surface area contributed by atoms with E-state index in [4.69, 9.17) is 0 Å². The van der Waals surface area contributed by atoms with E-state index in [9.17, 15) is 8.78 Å². The van der Waals surface area contributed by atoms with Gasteiger partial charge in [-0.25, -0.2) is 8.78 Å². The van der Waals surface area contributed by atoms with Gasteiger partial charge in [-0.2, -0.15) is 4.99 Å². The van der Waals surface area contributed by atoms with Crippen molar-refractivity contribution in [1.82, 2.24) is 0 Å². The van der Waals surface area contributed by atoms with E-state index in [1.54, 1.807) is 0 Å². The second-order valence-corrected chi connectivity index (χ2v) is 7.98. The SMILES string of the molecule is CCCC1CCC(C#Cc2ccc(-c3cc(F)c(N=C=S)c(F)c3)cc2C)CC1. The lowest BCUT2D eigenvalue weighted by Crippen LogP contribution is -2.13.